The average molecular weight is 220 g/mol. The van der Waals surface area contributed by atoms with Crippen LogP contribution < -0.4 is 10.5 Å². The Balaban J connectivity index is 3.43. The van der Waals surface area contributed by atoms with Crippen LogP contribution in [0.3, 0.4) is 0 Å². The molecule has 1 unspecified atom stereocenters. The smallest absolute Gasteiger partial charge is 0.208 e. The summed E-state index contributed by atoms with van der Waals surface area (Å²) in [6.07, 6.45) is 0. The lowest BCUT2D eigenvalue weighted by molar-refractivity contribution is 0.358. The van der Waals surface area contributed by atoms with Gasteiger partial charge in [0.25, 0.3) is 0 Å². The predicted octanol–water partition coefficient (Wildman–Crippen LogP) is 2.21. The van der Waals surface area contributed by atoms with E-state index in [4.69, 9.17) is 22.1 Å². The van der Waals surface area contributed by atoms with Crippen molar-refractivity contribution in [2.24, 2.45) is 5.73 Å². The summed E-state index contributed by atoms with van der Waals surface area (Å²) in [6.45, 7) is 1.67. The highest BCUT2D eigenvalue weighted by Gasteiger charge is 2.19. The standard InChI is InChI=1S/C9H11ClFNO2/c1-4(12)5-3-6(10)8(13)7(11)9(5)14-2/h3-4,13H,12H2,1-2H3. The Bertz CT molecular complexity index is 355. The van der Waals surface area contributed by atoms with E-state index in [2.05, 4.69) is 0 Å². The van der Waals surface area contributed by atoms with Crippen LogP contribution in [-0.2, 0) is 0 Å². The van der Waals surface area contributed by atoms with Gasteiger partial charge in [-0.1, -0.05) is 11.6 Å². The Morgan fingerprint density at radius 1 is 1.64 bits per heavy atom. The molecule has 1 aromatic carbocycles. The third-order valence-electron chi connectivity index (χ3n) is 1.87. The van der Waals surface area contributed by atoms with Crippen molar-refractivity contribution in [2.45, 2.75) is 13.0 Å². The van der Waals surface area contributed by atoms with Gasteiger partial charge in [0.2, 0.25) is 5.82 Å². The molecule has 0 amide bonds. The first-order valence-corrected chi connectivity index (χ1v) is 4.37. The van der Waals surface area contributed by atoms with E-state index in [9.17, 15) is 9.50 Å². The second-order valence-electron chi connectivity index (χ2n) is 2.93. The zero-order chi connectivity index (χ0) is 10.9. The Hall–Kier alpha value is -1.00. The zero-order valence-corrected chi connectivity index (χ0v) is 8.60. The molecule has 0 aliphatic rings. The summed E-state index contributed by atoms with van der Waals surface area (Å²) in [5.74, 6) is -1.57. The number of aromatic hydroxyl groups is 1. The normalized spacial score (nSPS) is 12.6. The van der Waals surface area contributed by atoms with Gasteiger partial charge in [-0.25, -0.2) is 0 Å². The Morgan fingerprint density at radius 2 is 2.21 bits per heavy atom. The largest absolute Gasteiger partial charge is 0.504 e. The quantitative estimate of drug-likeness (QED) is 0.802. The van der Waals surface area contributed by atoms with Crippen LogP contribution in [0.4, 0.5) is 4.39 Å². The van der Waals surface area contributed by atoms with E-state index in [1.807, 2.05) is 0 Å². The number of hydrogen-bond donors (Lipinski definition) is 2. The van der Waals surface area contributed by atoms with Crippen LogP contribution in [0.5, 0.6) is 11.5 Å². The van der Waals surface area contributed by atoms with Crippen molar-refractivity contribution in [3.05, 3.63) is 22.5 Å². The van der Waals surface area contributed by atoms with Gasteiger partial charge in [-0.2, -0.15) is 4.39 Å². The van der Waals surface area contributed by atoms with Crippen LogP contribution in [0.1, 0.15) is 18.5 Å². The number of halogens is 2. The fourth-order valence-corrected chi connectivity index (χ4v) is 1.36. The molecule has 3 N–H and O–H groups in total. The maximum atomic E-state index is 13.4. The summed E-state index contributed by atoms with van der Waals surface area (Å²) in [4.78, 5) is 0. The van der Waals surface area contributed by atoms with Crippen LogP contribution in [0.15, 0.2) is 6.07 Å². The van der Waals surface area contributed by atoms with E-state index in [1.165, 1.54) is 13.2 Å². The van der Waals surface area contributed by atoms with Crippen molar-refractivity contribution in [3.63, 3.8) is 0 Å². The van der Waals surface area contributed by atoms with Crippen molar-refractivity contribution in [1.29, 1.82) is 0 Å². The first-order valence-electron chi connectivity index (χ1n) is 3.99. The molecule has 0 heterocycles. The first-order chi connectivity index (χ1) is 6.49. The van der Waals surface area contributed by atoms with Gasteiger partial charge in [0, 0.05) is 11.6 Å². The molecule has 1 rings (SSSR count). The van der Waals surface area contributed by atoms with E-state index in [1.54, 1.807) is 6.92 Å². The van der Waals surface area contributed by atoms with Gasteiger partial charge in [0.1, 0.15) is 0 Å². The monoisotopic (exact) mass is 219 g/mol. The van der Waals surface area contributed by atoms with E-state index in [0.29, 0.717) is 5.56 Å². The van der Waals surface area contributed by atoms with Crippen LogP contribution in [0, 0.1) is 5.82 Å². The number of benzene rings is 1. The van der Waals surface area contributed by atoms with E-state index < -0.39 is 17.6 Å². The summed E-state index contributed by atoms with van der Waals surface area (Å²) in [5, 5.41) is 9.12. The maximum absolute atomic E-state index is 13.4. The van der Waals surface area contributed by atoms with Crippen molar-refractivity contribution in [2.75, 3.05) is 7.11 Å². The number of nitrogens with two attached hydrogens (primary N) is 1. The highest BCUT2D eigenvalue weighted by Crippen LogP contribution is 2.38. The van der Waals surface area contributed by atoms with Gasteiger partial charge in [-0.05, 0) is 13.0 Å². The predicted molar refractivity (Wildman–Crippen MR) is 52.2 cm³/mol. The minimum atomic E-state index is -0.882. The Morgan fingerprint density at radius 3 is 2.64 bits per heavy atom. The fraction of sp³-hybridized carbons (Fsp3) is 0.333. The molecular weight excluding hydrogens is 209 g/mol. The molecule has 3 nitrogen and oxygen atoms in total. The number of rotatable bonds is 2. The number of hydrogen-bond acceptors (Lipinski definition) is 3. The molecule has 5 heteroatoms. The average Bonchev–Trinajstić information content (AvgIpc) is 2.13. The fourth-order valence-electron chi connectivity index (χ4n) is 1.16. The van der Waals surface area contributed by atoms with Crippen LogP contribution in [-0.4, -0.2) is 12.2 Å². The second-order valence-corrected chi connectivity index (χ2v) is 3.34. The van der Waals surface area contributed by atoms with Crippen molar-refractivity contribution in [3.8, 4) is 11.5 Å². The second kappa shape index (κ2) is 4.02. The molecular formula is C9H11ClFNO2. The maximum Gasteiger partial charge on any atom is 0.208 e. The molecule has 0 radical (unpaired) electrons. The Kier molecular flexibility index (Phi) is 3.18. The van der Waals surface area contributed by atoms with Gasteiger partial charge < -0.3 is 15.6 Å². The summed E-state index contributed by atoms with van der Waals surface area (Å²) >= 11 is 5.59. The molecule has 0 aromatic heterocycles. The van der Waals surface area contributed by atoms with Gasteiger partial charge in [0.05, 0.1) is 12.1 Å². The van der Waals surface area contributed by atoms with Crippen LogP contribution in [0.25, 0.3) is 0 Å². The molecule has 78 valence electrons. The van der Waals surface area contributed by atoms with E-state index >= 15 is 0 Å². The van der Waals surface area contributed by atoms with Gasteiger partial charge in [-0.15, -0.1) is 0 Å². The molecule has 14 heavy (non-hydrogen) atoms. The molecule has 1 atom stereocenters. The molecule has 0 fully saturated rings. The molecule has 0 saturated carbocycles. The van der Waals surface area contributed by atoms with Crippen molar-refractivity contribution >= 4 is 11.6 Å². The molecule has 0 spiro atoms. The summed E-state index contributed by atoms with van der Waals surface area (Å²) in [6, 6.07) is 0.973. The highest BCUT2D eigenvalue weighted by molar-refractivity contribution is 6.32. The molecule has 1 aromatic rings. The summed E-state index contributed by atoms with van der Waals surface area (Å²) in [5.41, 5.74) is 6.01. The van der Waals surface area contributed by atoms with Crippen molar-refractivity contribution < 1.29 is 14.2 Å². The van der Waals surface area contributed by atoms with Gasteiger partial charge in [-0.3, -0.25) is 0 Å². The molecule has 0 aliphatic heterocycles. The lowest BCUT2D eigenvalue weighted by atomic mass is 10.1. The highest BCUT2D eigenvalue weighted by atomic mass is 35.5. The number of ether oxygens (including phenoxy) is 1. The van der Waals surface area contributed by atoms with Gasteiger partial charge in [0.15, 0.2) is 11.5 Å². The molecule has 0 saturated heterocycles. The third-order valence-corrected chi connectivity index (χ3v) is 2.16. The first kappa shape index (κ1) is 11.1. The minimum absolute atomic E-state index is 0.0677. The lowest BCUT2D eigenvalue weighted by Gasteiger charge is -2.14. The minimum Gasteiger partial charge on any atom is -0.504 e. The molecule has 0 aliphatic carbocycles. The van der Waals surface area contributed by atoms with Crippen molar-refractivity contribution in [1.82, 2.24) is 0 Å². The number of phenolic OH excluding ortho intramolecular Hbond substituents is 1. The lowest BCUT2D eigenvalue weighted by Crippen LogP contribution is -2.08. The van der Waals surface area contributed by atoms with Crippen LogP contribution in [0.2, 0.25) is 5.02 Å². The topological polar surface area (TPSA) is 55.5 Å². The zero-order valence-electron chi connectivity index (χ0n) is 7.84. The van der Waals surface area contributed by atoms with Crippen LogP contribution >= 0.6 is 11.6 Å². The van der Waals surface area contributed by atoms with E-state index in [0.717, 1.165) is 0 Å². The molecule has 0 bridgehead atoms. The Labute approximate surface area is 86.2 Å². The van der Waals surface area contributed by atoms with Gasteiger partial charge >= 0.3 is 0 Å². The van der Waals surface area contributed by atoms with E-state index in [-0.39, 0.29) is 10.8 Å². The number of phenols is 1. The third kappa shape index (κ3) is 1.76. The SMILES string of the molecule is COc1c(C(C)N)cc(Cl)c(O)c1F. The summed E-state index contributed by atoms with van der Waals surface area (Å²) in [7, 11) is 1.30. The number of methoxy groups -OCH3 is 1. The summed E-state index contributed by atoms with van der Waals surface area (Å²) < 4.78 is 18.2.